The number of hydrogen-bond acceptors (Lipinski definition) is 5. The Hall–Kier alpha value is -1.75. The average Bonchev–Trinajstić information content (AvgIpc) is 2.29. The summed E-state index contributed by atoms with van der Waals surface area (Å²) in [5.41, 5.74) is 0.493. The summed E-state index contributed by atoms with van der Waals surface area (Å²) >= 11 is 0. The Bertz CT molecular complexity index is 388. The summed E-state index contributed by atoms with van der Waals surface area (Å²) in [7, 11) is 1.41. The number of phenolic OH excluding ortho intramolecular Hbond substituents is 1. The van der Waals surface area contributed by atoms with E-state index in [2.05, 4.69) is 0 Å². The summed E-state index contributed by atoms with van der Waals surface area (Å²) in [4.78, 5) is 11.2. The van der Waals surface area contributed by atoms with E-state index in [0.717, 1.165) is 0 Å². The first-order valence-electron chi connectivity index (χ1n) is 5.29. The second-order valence-corrected chi connectivity index (χ2v) is 3.46. The molecular formula is C12H16O5. The normalized spacial score (nSPS) is 11.9. The Morgan fingerprint density at radius 2 is 2.18 bits per heavy atom. The monoisotopic (exact) mass is 240 g/mol. The van der Waals surface area contributed by atoms with Gasteiger partial charge >= 0.3 is 5.97 Å². The van der Waals surface area contributed by atoms with Crippen LogP contribution in [0.1, 0.15) is 25.0 Å². The van der Waals surface area contributed by atoms with Crippen molar-refractivity contribution in [3.8, 4) is 11.5 Å². The van der Waals surface area contributed by atoms with Crippen LogP contribution in [0, 0.1) is 0 Å². The predicted octanol–water partition coefficient (Wildman–Crippen LogP) is 1.39. The van der Waals surface area contributed by atoms with Crippen LogP contribution in [0.25, 0.3) is 0 Å². The molecule has 1 unspecified atom stereocenters. The topological polar surface area (TPSA) is 76.0 Å². The lowest BCUT2D eigenvalue weighted by atomic mass is 10.1. The van der Waals surface area contributed by atoms with Gasteiger partial charge in [0.2, 0.25) is 0 Å². The number of aromatic hydroxyl groups is 1. The minimum absolute atomic E-state index is 0.0143. The van der Waals surface area contributed by atoms with Gasteiger partial charge in [-0.1, -0.05) is 6.07 Å². The van der Waals surface area contributed by atoms with E-state index in [0.29, 0.717) is 5.56 Å². The van der Waals surface area contributed by atoms with E-state index in [9.17, 15) is 15.0 Å². The molecule has 1 aromatic rings. The van der Waals surface area contributed by atoms with Crippen LogP contribution >= 0.6 is 0 Å². The fourth-order valence-corrected chi connectivity index (χ4v) is 1.40. The molecule has 2 N–H and O–H groups in total. The van der Waals surface area contributed by atoms with E-state index in [1.165, 1.54) is 25.3 Å². The quantitative estimate of drug-likeness (QED) is 0.760. The Kier molecular flexibility index (Phi) is 4.78. The van der Waals surface area contributed by atoms with Crippen molar-refractivity contribution in [2.24, 2.45) is 0 Å². The van der Waals surface area contributed by atoms with Crippen molar-refractivity contribution in [3.63, 3.8) is 0 Å². The second kappa shape index (κ2) is 6.10. The lowest BCUT2D eigenvalue weighted by molar-refractivity contribution is -0.145. The molecular weight excluding hydrogens is 224 g/mol. The Morgan fingerprint density at radius 3 is 2.76 bits per heavy atom. The molecule has 0 aromatic heterocycles. The molecule has 0 aliphatic carbocycles. The van der Waals surface area contributed by atoms with E-state index in [1.54, 1.807) is 6.92 Å². The second-order valence-electron chi connectivity index (χ2n) is 3.46. The first kappa shape index (κ1) is 13.3. The number of ether oxygens (including phenoxy) is 2. The summed E-state index contributed by atoms with van der Waals surface area (Å²) in [6.45, 7) is 1.98. The van der Waals surface area contributed by atoms with Crippen LogP contribution in [0.15, 0.2) is 18.2 Å². The van der Waals surface area contributed by atoms with E-state index in [1.807, 2.05) is 0 Å². The molecule has 94 valence electrons. The van der Waals surface area contributed by atoms with E-state index >= 15 is 0 Å². The highest BCUT2D eigenvalue weighted by Gasteiger charge is 2.15. The number of carbonyl (C=O) groups excluding carboxylic acids is 1. The Balaban J connectivity index is 2.75. The number of methoxy groups -OCH3 is 1. The fraction of sp³-hybridized carbons (Fsp3) is 0.417. The molecule has 0 spiro atoms. The lowest BCUT2D eigenvalue weighted by Gasteiger charge is -2.12. The zero-order chi connectivity index (χ0) is 12.8. The summed E-state index contributed by atoms with van der Waals surface area (Å²) < 4.78 is 9.65. The third kappa shape index (κ3) is 3.64. The third-order valence-corrected chi connectivity index (χ3v) is 2.25. The SMILES string of the molecule is CCOC(=O)CC(O)c1ccc(O)c(OC)c1. The van der Waals surface area contributed by atoms with Crippen LogP contribution in [-0.2, 0) is 9.53 Å². The molecule has 5 heteroatoms. The van der Waals surface area contributed by atoms with Gasteiger partial charge in [0.25, 0.3) is 0 Å². The predicted molar refractivity (Wildman–Crippen MR) is 60.9 cm³/mol. The molecule has 0 fully saturated rings. The summed E-state index contributed by atoms with van der Waals surface area (Å²) in [5, 5.41) is 19.2. The van der Waals surface area contributed by atoms with Gasteiger partial charge < -0.3 is 19.7 Å². The van der Waals surface area contributed by atoms with Crippen LogP contribution in [0.3, 0.4) is 0 Å². The van der Waals surface area contributed by atoms with E-state index in [4.69, 9.17) is 9.47 Å². The molecule has 1 rings (SSSR count). The van der Waals surface area contributed by atoms with Crippen molar-refractivity contribution in [1.82, 2.24) is 0 Å². The van der Waals surface area contributed by atoms with Gasteiger partial charge in [0.05, 0.1) is 26.2 Å². The van der Waals surface area contributed by atoms with Gasteiger partial charge in [0.15, 0.2) is 11.5 Å². The first-order chi connectivity index (χ1) is 8.08. The molecule has 0 aliphatic heterocycles. The van der Waals surface area contributed by atoms with Crippen molar-refractivity contribution < 1.29 is 24.5 Å². The maximum absolute atomic E-state index is 11.2. The highest BCUT2D eigenvalue weighted by molar-refractivity contribution is 5.70. The van der Waals surface area contributed by atoms with Gasteiger partial charge in [0, 0.05) is 0 Å². The maximum Gasteiger partial charge on any atom is 0.308 e. The number of aliphatic hydroxyl groups excluding tert-OH is 1. The summed E-state index contributed by atoms with van der Waals surface area (Å²) in [6.07, 6.45) is -1.09. The highest BCUT2D eigenvalue weighted by atomic mass is 16.5. The molecule has 0 radical (unpaired) electrons. The summed E-state index contributed by atoms with van der Waals surface area (Å²) in [5.74, 6) is -0.225. The molecule has 0 saturated carbocycles. The molecule has 0 amide bonds. The van der Waals surface area contributed by atoms with Gasteiger partial charge in [-0.3, -0.25) is 4.79 Å². The van der Waals surface area contributed by atoms with E-state index < -0.39 is 12.1 Å². The van der Waals surface area contributed by atoms with Crippen molar-refractivity contribution in [2.75, 3.05) is 13.7 Å². The fourth-order valence-electron chi connectivity index (χ4n) is 1.40. The molecule has 0 bridgehead atoms. The molecule has 1 atom stereocenters. The molecule has 17 heavy (non-hydrogen) atoms. The minimum atomic E-state index is -0.969. The minimum Gasteiger partial charge on any atom is -0.504 e. The highest BCUT2D eigenvalue weighted by Crippen LogP contribution is 2.29. The number of benzene rings is 1. The summed E-state index contributed by atoms with van der Waals surface area (Å²) in [6, 6.07) is 4.42. The van der Waals surface area contributed by atoms with Crippen LogP contribution in [0.5, 0.6) is 11.5 Å². The number of rotatable bonds is 5. The van der Waals surface area contributed by atoms with Gasteiger partial charge in [-0.05, 0) is 24.6 Å². The Labute approximate surface area is 99.6 Å². The van der Waals surface area contributed by atoms with Crippen LogP contribution in [0.2, 0.25) is 0 Å². The zero-order valence-corrected chi connectivity index (χ0v) is 9.84. The molecule has 0 aliphatic rings. The van der Waals surface area contributed by atoms with Gasteiger partial charge in [-0.2, -0.15) is 0 Å². The largest absolute Gasteiger partial charge is 0.504 e. The molecule has 0 heterocycles. The maximum atomic E-state index is 11.2. The third-order valence-electron chi connectivity index (χ3n) is 2.25. The van der Waals surface area contributed by atoms with Crippen molar-refractivity contribution in [2.45, 2.75) is 19.4 Å². The van der Waals surface area contributed by atoms with Crippen LogP contribution in [-0.4, -0.2) is 29.9 Å². The van der Waals surface area contributed by atoms with Crippen molar-refractivity contribution in [1.29, 1.82) is 0 Å². The van der Waals surface area contributed by atoms with Crippen LogP contribution in [0.4, 0.5) is 0 Å². The van der Waals surface area contributed by atoms with Crippen LogP contribution < -0.4 is 4.74 Å². The number of aliphatic hydroxyl groups is 1. The lowest BCUT2D eigenvalue weighted by Crippen LogP contribution is -2.10. The standard InChI is InChI=1S/C12H16O5/c1-3-17-12(15)7-10(14)8-4-5-9(13)11(6-8)16-2/h4-6,10,13-14H,3,7H2,1-2H3. The Morgan fingerprint density at radius 1 is 1.47 bits per heavy atom. The average molecular weight is 240 g/mol. The molecule has 0 saturated heterocycles. The van der Waals surface area contributed by atoms with Crippen molar-refractivity contribution in [3.05, 3.63) is 23.8 Å². The number of esters is 1. The number of phenols is 1. The van der Waals surface area contributed by atoms with Gasteiger partial charge in [0.1, 0.15) is 0 Å². The molecule has 1 aromatic carbocycles. The number of carbonyl (C=O) groups is 1. The number of hydrogen-bond donors (Lipinski definition) is 2. The van der Waals surface area contributed by atoms with E-state index in [-0.39, 0.29) is 24.5 Å². The first-order valence-corrected chi connectivity index (χ1v) is 5.29. The van der Waals surface area contributed by atoms with Crippen molar-refractivity contribution >= 4 is 5.97 Å². The van der Waals surface area contributed by atoms with Gasteiger partial charge in [-0.15, -0.1) is 0 Å². The smallest absolute Gasteiger partial charge is 0.308 e. The van der Waals surface area contributed by atoms with Gasteiger partial charge in [-0.25, -0.2) is 0 Å². The molecule has 5 nitrogen and oxygen atoms in total. The zero-order valence-electron chi connectivity index (χ0n) is 9.84.